The molecular formula is C26H32N2O4. The maximum absolute atomic E-state index is 10.8. The van der Waals surface area contributed by atoms with Crippen LogP contribution in [0.1, 0.15) is 36.6 Å². The van der Waals surface area contributed by atoms with E-state index in [9.17, 15) is 15.3 Å². The van der Waals surface area contributed by atoms with Crippen LogP contribution >= 0.6 is 0 Å². The molecule has 0 aromatic heterocycles. The van der Waals surface area contributed by atoms with Gasteiger partial charge < -0.3 is 30.7 Å². The largest absolute Gasteiger partial charge is 0.508 e. The second-order valence-corrected chi connectivity index (χ2v) is 7.81. The molecule has 0 saturated carbocycles. The molecule has 0 aliphatic carbocycles. The fourth-order valence-electron chi connectivity index (χ4n) is 3.45. The molecule has 0 saturated heterocycles. The average Bonchev–Trinajstić information content (AvgIpc) is 2.80. The third-order valence-corrected chi connectivity index (χ3v) is 5.37. The van der Waals surface area contributed by atoms with Crippen molar-refractivity contribution >= 4 is 5.69 Å². The van der Waals surface area contributed by atoms with Gasteiger partial charge in [-0.3, -0.25) is 0 Å². The van der Waals surface area contributed by atoms with Crippen LogP contribution in [0.2, 0.25) is 0 Å². The summed E-state index contributed by atoms with van der Waals surface area (Å²) >= 11 is 0. The van der Waals surface area contributed by atoms with Gasteiger partial charge in [-0.1, -0.05) is 30.3 Å². The van der Waals surface area contributed by atoms with Gasteiger partial charge in [0.1, 0.15) is 17.2 Å². The van der Waals surface area contributed by atoms with Gasteiger partial charge in [0.25, 0.3) is 0 Å². The number of hydrogen-bond acceptors (Lipinski definition) is 6. The van der Waals surface area contributed by atoms with E-state index in [4.69, 9.17) is 4.74 Å². The summed E-state index contributed by atoms with van der Waals surface area (Å²) in [5, 5.41) is 37.0. The van der Waals surface area contributed by atoms with Gasteiger partial charge in [-0.25, -0.2) is 0 Å². The van der Waals surface area contributed by atoms with Crippen molar-refractivity contribution in [3.05, 3.63) is 83.4 Å². The molecule has 0 fully saturated rings. The molecule has 0 aliphatic heterocycles. The lowest BCUT2D eigenvalue weighted by atomic mass is 10.0. The maximum Gasteiger partial charge on any atom is 0.138 e. The Balaban J connectivity index is 1.55. The van der Waals surface area contributed by atoms with Gasteiger partial charge in [0.05, 0.1) is 18.4 Å². The van der Waals surface area contributed by atoms with E-state index in [-0.39, 0.29) is 17.5 Å². The van der Waals surface area contributed by atoms with Crippen LogP contribution in [0, 0.1) is 0 Å². The zero-order valence-electron chi connectivity index (χ0n) is 18.6. The molecule has 3 aromatic rings. The predicted octanol–water partition coefficient (Wildman–Crippen LogP) is 4.36. The molecule has 0 radical (unpaired) electrons. The van der Waals surface area contributed by atoms with Crippen LogP contribution in [0.3, 0.4) is 0 Å². The monoisotopic (exact) mass is 436 g/mol. The van der Waals surface area contributed by atoms with E-state index in [1.807, 2.05) is 50.2 Å². The minimum Gasteiger partial charge on any atom is -0.508 e. The van der Waals surface area contributed by atoms with E-state index in [1.54, 1.807) is 30.3 Å². The third-order valence-electron chi connectivity index (χ3n) is 5.37. The molecule has 2 unspecified atom stereocenters. The first-order chi connectivity index (χ1) is 15.5. The van der Waals surface area contributed by atoms with E-state index in [1.165, 1.54) is 0 Å². The highest BCUT2D eigenvalue weighted by atomic mass is 16.5. The number of benzene rings is 3. The SMILES string of the molecule is CCOc1ccc(CNc2cc(C(O)C(C)NCCc3ccc(O)cc3)ccc2O)cc1. The summed E-state index contributed by atoms with van der Waals surface area (Å²) in [7, 11) is 0. The van der Waals surface area contributed by atoms with Crippen LogP contribution in [0.4, 0.5) is 5.69 Å². The van der Waals surface area contributed by atoms with E-state index in [0.717, 1.165) is 28.9 Å². The summed E-state index contributed by atoms with van der Waals surface area (Å²) in [6.07, 6.45) is 0.0726. The summed E-state index contributed by atoms with van der Waals surface area (Å²) in [6, 6.07) is 19.9. The Labute approximate surface area is 189 Å². The van der Waals surface area contributed by atoms with E-state index in [2.05, 4.69) is 10.6 Å². The van der Waals surface area contributed by atoms with Gasteiger partial charge >= 0.3 is 0 Å². The zero-order valence-corrected chi connectivity index (χ0v) is 18.6. The van der Waals surface area contributed by atoms with Crippen molar-refractivity contribution in [2.75, 3.05) is 18.5 Å². The Bertz CT molecular complexity index is 974. The summed E-state index contributed by atoms with van der Waals surface area (Å²) in [5.74, 6) is 1.22. The minimum absolute atomic E-state index is 0.139. The fourth-order valence-corrected chi connectivity index (χ4v) is 3.45. The highest BCUT2D eigenvalue weighted by molar-refractivity contribution is 5.58. The molecule has 3 aromatic carbocycles. The molecule has 3 rings (SSSR count). The van der Waals surface area contributed by atoms with Crippen LogP contribution in [-0.4, -0.2) is 34.5 Å². The smallest absolute Gasteiger partial charge is 0.138 e. The van der Waals surface area contributed by atoms with Crippen molar-refractivity contribution in [2.24, 2.45) is 0 Å². The van der Waals surface area contributed by atoms with Crippen LogP contribution in [0.5, 0.6) is 17.2 Å². The Kier molecular flexibility index (Phi) is 8.36. The van der Waals surface area contributed by atoms with Crippen LogP contribution in [-0.2, 0) is 13.0 Å². The lowest BCUT2D eigenvalue weighted by molar-refractivity contribution is 0.136. The van der Waals surface area contributed by atoms with Gasteiger partial charge in [-0.05, 0) is 79.9 Å². The number of phenols is 2. The first-order valence-corrected chi connectivity index (χ1v) is 10.9. The first-order valence-electron chi connectivity index (χ1n) is 10.9. The third kappa shape index (κ3) is 6.64. The maximum atomic E-state index is 10.8. The molecule has 6 heteroatoms. The second-order valence-electron chi connectivity index (χ2n) is 7.81. The number of rotatable bonds is 11. The normalized spacial score (nSPS) is 12.8. The van der Waals surface area contributed by atoms with Crippen molar-refractivity contribution in [2.45, 2.75) is 39.0 Å². The highest BCUT2D eigenvalue weighted by Crippen LogP contribution is 2.29. The lowest BCUT2D eigenvalue weighted by Crippen LogP contribution is -2.33. The first kappa shape index (κ1) is 23.4. The second kappa shape index (κ2) is 11.4. The van der Waals surface area contributed by atoms with E-state index < -0.39 is 6.10 Å². The molecule has 2 atom stereocenters. The van der Waals surface area contributed by atoms with Crippen LogP contribution in [0.15, 0.2) is 66.7 Å². The van der Waals surface area contributed by atoms with Crippen LogP contribution < -0.4 is 15.4 Å². The fraction of sp³-hybridized carbons (Fsp3) is 0.308. The number of aromatic hydroxyl groups is 2. The summed E-state index contributed by atoms with van der Waals surface area (Å²) < 4.78 is 5.46. The summed E-state index contributed by atoms with van der Waals surface area (Å²) in [6.45, 7) is 5.75. The number of aliphatic hydroxyl groups is 1. The van der Waals surface area contributed by atoms with Crippen molar-refractivity contribution in [1.82, 2.24) is 5.32 Å². The molecule has 6 nitrogen and oxygen atoms in total. The standard InChI is InChI=1S/C26H32N2O4/c1-3-32-23-11-6-20(7-12-23)17-28-24-16-21(8-13-25(24)30)26(31)18(2)27-15-14-19-4-9-22(29)10-5-19/h4-13,16,18,26-31H,3,14-15,17H2,1-2H3. The predicted molar refractivity (Wildman–Crippen MR) is 127 cm³/mol. The Morgan fingerprint density at radius 2 is 1.59 bits per heavy atom. The molecule has 0 amide bonds. The average molecular weight is 437 g/mol. The molecule has 0 aliphatic rings. The molecule has 0 spiro atoms. The molecular weight excluding hydrogens is 404 g/mol. The van der Waals surface area contributed by atoms with Crippen LogP contribution in [0.25, 0.3) is 0 Å². The quantitative estimate of drug-likeness (QED) is 0.287. The molecule has 5 N–H and O–H groups in total. The lowest BCUT2D eigenvalue weighted by Gasteiger charge is -2.22. The van der Waals surface area contributed by atoms with Gasteiger partial charge in [0.15, 0.2) is 0 Å². The topological polar surface area (TPSA) is 94.0 Å². The van der Waals surface area contributed by atoms with Gasteiger partial charge in [0, 0.05) is 12.6 Å². The van der Waals surface area contributed by atoms with Crippen molar-refractivity contribution in [3.63, 3.8) is 0 Å². The van der Waals surface area contributed by atoms with Crippen molar-refractivity contribution < 1.29 is 20.1 Å². The van der Waals surface area contributed by atoms with Gasteiger partial charge in [0.2, 0.25) is 0 Å². The number of hydrogen-bond donors (Lipinski definition) is 5. The number of anilines is 1. The number of phenolic OH excluding ortho intramolecular Hbond substituents is 2. The number of aliphatic hydroxyl groups excluding tert-OH is 1. The Morgan fingerprint density at radius 3 is 2.28 bits per heavy atom. The van der Waals surface area contributed by atoms with E-state index in [0.29, 0.717) is 25.4 Å². The molecule has 0 heterocycles. The van der Waals surface area contributed by atoms with Crippen molar-refractivity contribution in [1.29, 1.82) is 0 Å². The Hall–Kier alpha value is -3.22. The van der Waals surface area contributed by atoms with Gasteiger partial charge in [-0.2, -0.15) is 0 Å². The number of ether oxygens (including phenoxy) is 1. The molecule has 170 valence electrons. The minimum atomic E-state index is -0.721. The number of nitrogens with one attached hydrogen (secondary N) is 2. The Morgan fingerprint density at radius 1 is 0.906 bits per heavy atom. The van der Waals surface area contributed by atoms with Crippen molar-refractivity contribution in [3.8, 4) is 17.2 Å². The molecule has 32 heavy (non-hydrogen) atoms. The molecule has 0 bridgehead atoms. The summed E-state index contributed by atoms with van der Waals surface area (Å²) in [5.41, 5.74) is 3.47. The summed E-state index contributed by atoms with van der Waals surface area (Å²) in [4.78, 5) is 0. The van der Waals surface area contributed by atoms with E-state index >= 15 is 0 Å². The zero-order chi connectivity index (χ0) is 22.9. The van der Waals surface area contributed by atoms with Gasteiger partial charge in [-0.15, -0.1) is 0 Å². The highest BCUT2D eigenvalue weighted by Gasteiger charge is 2.17.